The highest BCUT2D eigenvalue weighted by Gasteiger charge is 2.23. The first kappa shape index (κ1) is 20.6. The van der Waals surface area contributed by atoms with E-state index in [1.165, 1.54) is 6.92 Å². The molecule has 1 amide bonds. The van der Waals surface area contributed by atoms with Gasteiger partial charge in [0.15, 0.2) is 0 Å². The lowest BCUT2D eigenvalue weighted by Gasteiger charge is -2.16. The number of benzene rings is 1. The third-order valence-electron chi connectivity index (χ3n) is 2.98. The second-order valence-electron chi connectivity index (χ2n) is 4.63. The summed E-state index contributed by atoms with van der Waals surface area (Å²) >= 11 is 0. The quantitative estimate of drug-likeness (QED) is 0.886. The Morgan fingerprint density at radius 1 is 1.27 bits per heavy atom. The van der Waals surface area contributed by atoms with Gasteiger partial charge in [-0.05, 0) is 26.0 Å². The number of alkyl halides is 2. The molecule has 9 heteroatoms. The maximum absolute atomic E-state index is 13.2. The van der Waals surface area contributed by atoms with Crippen LogP contribution in [0.25, 0.3) is 11.0 Å². The number of amides is 1. The number of nitrogens with one attached hydrogen (secondary N) is 1. The lowest BCUT2D eigenvalue weighted by Crippen LogP contribution is -2.40. The van der Waals surface area contributed by atoms with Crippen LogP contribution < -0.4 is 11.1 Å². The summed E-state index contributed by atoms with van der Waals surface area (Å²) < 4.78 is 27.3. The van der Waals surface area contributed by atoms with Crippen molar-refractivity contribution in [3.05, 3.63) is 30.1 Å². The van der Waals surface area contributed by atoms with Crippen molar-refractivity contribution in [1.82, 2.24) is 14.9 Å². The standard InChI is InChI=1S/C13H16F2N4O.2ClH/c1-7(16)12(20)17-8(2)11-18-9-5-3-4-6-10(9)19(11)13(14)15;;/h3-8,13H,16H2,1-2H3,(H,17,20);2*1H/t7-,8?;;/m1../s1. The van der Waals surface area contributed by atoms with E-state index in [0.717, 1.165) is 4.57 Å². The third-order valence-corrected chi connectivity index (χ3v) is 2.98. The summed E-state index contributed by atoms with van der Waals surface area (Å²) in [5.74, 6) is -0.305. The Bertz CT molecular complexity index is 634. The second-order valence-corrected chi connectivity index (χ2v) is 4.63. The van der Waals surface area contributed by atoms with Crippen molar-refractivity contribution < 1.29 is 13.6 Å². The minimum absolute atomic E-state index is 0. The average Bonchev–Trinajstić information content (AvgIpc) is 2.77. The van der Waals surface area contributed by atoms with E-state index in [1.807, 2.05) is 0 Å². The Morgan fingerprint density at radius 2 is 1.86 bits per heavy atom. The zero-order chi connectivity index (χ0) is 14.9. The number of nitrogens with two attached hydrogens (primary N) is 1. The average molecular weight is 355 g/mol. The summed E-state index contributed by atoms with van der Waals surface area (Å²) in [7, 11) is 0. The van der Waals surface area contributed by atoms with Crippen molar-refractivity contribution in [2.75, 3.05) is 0 Å². The number of halogens is 4. The Labute approximate surface area is 139 Å². The van der Waals surface area contributed by atoms with Crippen molar-refractivity contribution in [1.29, 1.82) is 0 Å². The molecular formula is C13H18Cl2F2N4O. The Morgan fingerprint density at radius 3 is 2.41 bits per heavy atom. The van der Waals surface area contributed by atoms with E-state index in [9.17, 15) is 13.6 Å². The minimum atomic E-state index is -2.73. The molecule has 0 bridgehead atoms. The number of aromatic nitrogens is 2. The number of hydrogen-bond acceptors (Lipinski definition) is 3. The monoisotopic (exact) mass is 354 g/mol. The zero-order valence-corrected chi connectivity index (χ0v) is 13.6. The zero-order valence-electron chi connectivity index (χ0n) is 12.0. The first-order valence-corrected chi connectivity index (χ1v) is 6.22. The molecular weight excluding hydrogens is 337 g/mol. The Kier molecular flexibility index (Phi) is 7.72. The Balaban J connectivity index is 0.00000220. The van der Waals surface area contributed by atoms with Gasteiger partial charge in [-0.3, -0.25) is 9.36 Å². The van der Waals surface area contributed by atoms with Crippen LogP contribution in [0.15, 0.2) is 24.3 Å². The maximum atomic E-state index is 13.2. The van der Waals surface area contributed by atoms with Gasteiger partial charge >= 0.3 is 6.55 Å². The summed E-state index contributed by atoms with van der Waals surface area (Å²) in [5, 5.41) is 2.57. The van der Waals surface area contributed by atoms with Crippen molar-refractivity contribution in [2.24, 2.45) is 5.73 Å². The van der Waals surface area contributed by atoms with Gasteiger partial charge in [-0.2, -0.15) is 8.78 Å². The molecule has 1 aromatic heterocycles. The fourth-order valence-corrected chi connectivity index (χ4v) is 1.98. The van der Waals surface area contributed by atoms with Crippen molar-refractivity contribution in [3.63, 3.8) is 0 Å². The first-order chi connectivity index (χ1) is 9.41. The van der Waals surface area contributed by atoms with Crippen LogP contribution in [0.5, 0.6) is 0 Å². The molecule has 0 fully saturated rings. The molecule has 0 radical (unpaired) electrons. The lowest BCUT2D eigenvalue weighted by atomic mass is 10.2. The molecule has 0 aliphatic heterocycles. The molecule has 3 N–H and O–H groups in total. The van der Waals surface area contributed by atoms with E-state index in [4.69, 9.17) is 5.73 Å². The number of fused-ring (bicyclic) bond motifs is 1. The summed E-state index contributed by atoms with van der Waals surface area (Å²) in [6.07, 6.45) is 0. The molecule has 0 saturated carbocycles. The number of carbonyl (C=O) groups is 1. The lowest BCUT2D eigenvalue weighted by molar-refractivity contribution is -0.122. The molecule has 5 nitrogen and oxygen atoms in total. The van der Waals surface area contributed by atoms with Crippen molar-refractivity contribution >= 4 is 41.8 Å². The number of carbonyl (C=O) groups excluding carboxylic acids is 1. The largest absolute Gasteiger partial charge is 0.345 e. The van der Waals surface area contributed by atoms with Crippen LogP contribution in [-0.2, 0) is 4.79 Å². The number of para-hydroxylation sites is 2. The summed E-state index contributed by atoms with van der Waals surface area (Å²) in [4.78, 5) is 15.7. The van der Waals surface area contributed by atoms with E-state index < -0.39 is 24.5 Å². The van der Waals surface area contributed by atoms with E-state index in [1.54, 1.807) is 31.2 Å². The van der Waals surface area contributed by atoms with Crippen LogP contribution >= 0.6 is 24.8 Å². The van der Waals surface area contributed by atoms with Crippen LogP contribution in [0.1, 0.15) is 32.3 Å². The number of hydrogen-bond donors (Lipinski definition) is 2. The number of imidazole rings is 1. The molecule has 1 aromatic carbocycles. The van der Waals surface area contributed by atoms with Gasteiger partial charge in [0.25, 0.3) is 0 Å². The van der Waals surface area contributed by atoms with Crippen LogP contribution in [0.3, 0.4) is 0 Å². The van der Waals surface area contributed by atoms with Crippen LogP contribution in [0.2, 0.25) is 0 Å². The van der Waals surface area contributed by atoms with Gasteiger partial charge in [-0.1, -0.05) is 12.1 Å². The van der Waals surface area contributed by atoms with Crippen molar-refractivity contribution in [2.45, 2.75) is 32.5 Å². The summed E-state index contributed by atoms with van der Waals surface area (Å²) in [6, 6.07) is 5.24. The summed E-state index contributed by atoms with van der Waals surface area (Å²) in [5.41, 5.74) is 6.24. The molecule has 0 aliphatic carbocycles. The highest BCUT2D eigenvalue weighted by molar-refractivity contribution is 5.85. The molecule has 2 rings (SSSR count). The van der Waals surface area contributed by atoms with E-state index >= 15 is 0 Å². The van der Waals surface area contributed by atoms with Gasteiger partial charge in [0.05, 0.1) is 23.1 Å². The minimum Gasteiger partial charge on any atom is -0.345 e. The van der Waals surface area contributed by atoms with Gasteiger partial charge in [0, 0.05) is 0 Å². The van der Waals surface area contributed by atoms with Gasteiger partial charge in [0.2, 0.25) is 5.91 Å². The van der Waals surface area contributed by atoms with Gasteiger partial charge < -0.3 is 11.1 Å². The second kappa shape index (κ2) is 8.26. The molecule has 0 spiro atoms. The summed E-state index contributed by atoms with van der Waals surface area (Å²) in [6.45, 7) is 0.394. The number of rotatable bonds is 4. The van der Waals surface area contributed by atoms with Crippen LogP contribution in [-0.4, -0.2) is 21.5 Å². The molecule has 2 aromatic rings. The molecule has 2 atom stereocenters. The van der Waals surface area contributed by atoms with E-state index in [-0.39, 0.29) is 30.6 Å². The van der Waals surface area contributed by atoms with Gasteiger partial charge in [0.1, 0.15) is 5.82 Å². The van der Waals surface area contributed by atoms with Crippen molar-refractivity contribution in [3.8, 4) is 0 Å². The van der Waals surface area contributed by atoms with E-state index in [0.29, 0.717) is 11.0 Å². The van der Waals surface area contributed by atoms with E-state index in [2.05, 4.69) is 10.3 Å². The predicted octanol–water partition coefficient (Wildman–Crippen LogP) is 2.80. The smallest absolute Gasteiger partial charge is 0.320 e. The normalized spacial score (nSPS) is 13.2. The Hall–Kier alpha value is -1.44. The predicted molar refractivity (Wildman–Crippen MR) is 85.7 cm³/mol. The molecule has 124 valence electrons. The SMILES string of the molecule is CC(NC(=O)[C@@H](C)N)c1nc2ccccc2n1C(F)F.Cl.Cl. The topological polar surface area (TPSA) is 72.9 Å². The maximum Gasteiger partial charge on any atom is 0.320 e. The third kappa shape index (κ3) is 4.06. The molecule has 22 heavy (non-hydrogen) atoms. The fraction of sp³-hybridized carbons (Fsp3) is 0.385. The van der Waals surface area contributed by atoms with Crippen LogP contribution in [0, 0.1) is 0 Å². The fourth-order valence-electron chi connectivity index (χ4n) is 1.98. The molecule has 0 aliphatic rings. The highest BCUT2D eigenvalue weighted by Crippen LogP contribution is 2.26. The molecule has 0 saturated heterocycles. The van der Waals surface area contributed by atoms with Crippen LogP contribution in [0.4, 0.5) is 8.78 Å². The van der Waals surface area contributed by atoms with Gasteiger partial charge in [-0.25, -0.2) is 4.98 Å². The molecule has 1 heterocycles. The molecule has 1 unspecified atom stereocenters. The van der Waals surface area contributed by atoms with Gasteiger partial charge in [-0.15, -0.1) is 24.8 Å². The first-order valence-electron chi connectivity index (χ1n) is 6.22. The number of nitrogens with zero attached hydrogens (tertiary/aromatic N) is 2. The highest BCUT2D eigenvalue weighted by atomic mass is 35.5.